The second-order valence-corrected chi connectivity index (χ2v) is 4.97. The topological polar surface area (TPSA) is 22.0 Å². The summed E-state index contributed by atoms with van der Waals surface area (Å²) >= 11 is 0. The molecule has 0 aliphatic rings. The predicted octanol–water partition coefficient (Wildman–Crippen LogP) is 4.52. The third kappa shape index (κ3) is 2.39. The Balaban J connectivity index is 2.29. The summed E-state index contributed by atoms with van der Waals surface area (Å²) in [4.78, 5) is 11.2. The van der Waals surface area contributed by atoms with Crippen LogP contribution in [0.4, 0.5) is 13.2 Å². The lowest BCUT2D eigenvalue weighted by atomic mass is 10.1. The van der Waals surface area contributed by atoms with Crippen LogP contribution in [0.3, 0.4) is 0 Å². The quantitative estimate of drug-likeness (QED) is 0.652. The number of carbonyl (C=O) groups excluding carboxylic acids is 1. The number of carbonyl (C=O) groups is 1. The van der Waals surface area contributed by atoms with Crippen LogP contribution in [0.5, 0.6) is 0 Å². The molecule has 112 valence electrons. The van der Waals surface area contributed by atoms with Gasteiger partial charge in [0.15, 0.2) is 6.29 Å². The number of fused-ring (bicyclic) bond motifs is 1. The zero-order chi connectivity index (χ0) is 15.7. The molecule has 3 rings (SSSR count). The van der Waals surface area contributed by atoms with E-state index in [1.54, 1.807) is 48.5 Å². The van der Waals surface area contributed by atoms with Crippen LogP contribution in [0.1, 0.15) is 21.6 Å². The normalized spacial score (nSPS) is 11.8. The van der Waals surface area contributed by atoms with Crippen molar-refractivity contribution in [2.24, 2.45) is 0 Å². The van der Waals surface area contributed by atoms with Crippen LogP contribution in [-0.2, 0) is 12.7 Å². The molecule has 2 nitrogen and oxygen atoms in total. The zero-order valence-electron chi connectivity index (χ0n) is 11.5. The standard InChI is InChI=1S/C17H12F3NO/c18-17(19,20)16-14(11-22)13-8-4-5-9-15(13)21(16)10-12-6-2-1-3-7-12/h1-9,11H,10H2. The largest absolute Gasteiger partial charge is 0.432 e. The maximum atomic E-state index is 13.5. The van der Waals surface area contributed by atoms with Crippen LogP contribution in [0, 0.1) is 0 Å². The van der Waals surface area contributed by atoms with Crippen molar-refractivity contribution in [1.82, 2.24) is 4.57 Å². The van der Waals surface area contributed by atoms with E-state index in [0.29, 0.717) is 10.9 Å². The molecule has 0 bridgehead atoms. The van der Waals surface area contributed by atoms with Crippen molar-refractivity contribution in [3.8, 4) is 0 Å². The summed E-state index contributed by atoms with van der Waals surface area (Å²) < 4.78 is 41.5. The molecule has 0 aliphatic carbocycles. The van der Waals surface area contributed by atoms with E-state index in [0.717, 1.165) is 10.1 Å². The van der Waals surface area contributed by atoms with Gasteiger partial charge in [-0.3, -0.25) is 4.79 Å². The molecule has 1 aromatic heterocycles. The number of benzene rings is 2. The molecule has 0 unspecified atom stereocenters. The predicted molar refractivity (Wildman–Crippen MR) is 77.9 cm³/mol. The first-order valence-corrected chi connectivity index (χ1v) is 6.70. The van der Waals surface area contributed by atoms with E-state index >= 15 is 0 Å². The van der Waals surface area contributed by atoms with Crippen molar-refractivity contribution in [1.29, 1.82) is 0 Å². The Morgan fingerprint density at radius 3 is 2.23 bits per heavy atom. The van der Waals surface area contributed by atoms with Crippen molar-refractivity contribution >= 4 is 17.2 Å². The Kier molecular flexibility index (Phi) is 3.48. The van der Waals surface area contributed by atoms with Gasteiger partial charge in [-0.05, 0) is 11.6 Å². The lowest BCUT2D eigenvalue weighted by Crippen LogP contribution is -2.16. The van der Waals surface area contributed by atoms with Crippen LogP contribution in [0.25, 0.3) is 10.9 Å². The fourth-order valence-electron chi connectivity index (χ4n) is 2.69. The van der Waals surface area contributed by atoms with Crippen molar-refractivity contribution in [2.45, 2.75) is 12.7 Å². The number of rotatable bonds is 3. The third-order valence-corrected chi connectivity index (χ3v) is 3.58. The number of halogens is 3. The number of hydrogen-bond donors (Lipinski definition) is 0. The zero-order valence-corrected chi connectivity index (χ0v) is 11.5. The summed E-state index contributed by atoms with van der Waals surface area (Å²) in [5.41, 5.74) is -0.0569. The first kappa shape index (κ1) is 14.4. The highest BCUT2D eigenvalue weighted by Gasteiger charge is 2.39. The van der Waals surface area contributed by atoms with Crippen LogP contribution in [0.2, 0.25) is 0 Å². The molecule has 2 aromatic carbocycles. The average Bonchev–Trinajstić information content (AvgIpc) is 2.82. The number of aromatic nitrogens is 1. The number of hydrogen-bond acceptors (Lipinski definition) is 1. The minimum absolute atomic E-state index is 0.0596. The van der Waals surface area contributed by atoms with E-state index in [4.69, 9.17) is 0 Å². The number of alkyl halides is 3. The van der Waals surface area contributed by atoms with Gasteiger partial charge < -0.3 is 4.57 Å². The van der Waals surface area contributed by atoms with Crippen LogP contribution in [-0.4, -0.2) is 10.9 Å². The van der Waals surface area contributed by atoms with Crippen LogP contribution in [0.15, 0.2) is 54.6 Å². The van der Waals surface area contributed by atoms with Crippen molar-refractivity contribution < 1.29 is 18.0 Å². The molecule has 0 atom stereocenters. The molecule has 0 fully saturated rings. The second-order valence-electron chi connectivity index (χ2n) is 4.97. The molecule has 5 heteroatoms. The van der Waals surface area contributed by atoms with Gasteiger partial charge >= 0.3 is 6.18 Å². The van der Waals surface area contributed by atoms with Gasteiger partial charge in [0, 0.05) is 17.4 Å². The summed E-state index contributed by atoms with van der Waals surface area (Å²) in [6.45, 7) is 0.0596. The molecule has 3 aromatic rings. The summed E-state index contributed by atoms with van der Waals surface area (Å²) in [6, 6.07) is 15.3. The molecule has 0 aliphatic heterocycles. The molecule has 1 heterocycles. The molecule has 0 saturated carbocycles. The number of nitrogens with zero attached hydrogens (tertiary/aromatic N) is 1. The van der Waals surface area contributed by atoms with Crippen molar-refractivity contribution in [3.05, 3.63) is 71.4 Å². The summed E-state index contributed by atoms with van der Waals surface area (Å²) in [7, 11) is 0. The highest BCUT2D eigenvalue weighted by Crippen LogP contribution is 2.37. The fourth-order valence-corrected chi connectivity index (χ4v) is 2.69. The molecule has 0 radical (unpaired) electrons. The van der Waals surface area contributed by atoms with E-state index in [-0.39, 0.29) is 18.4 Å². The van der Waals surface area contributed by atoms with Gasteiger partial charge in [0.2, 0.25) is 0 Å². The minimum Gasteiger partial charge on any atom is -0.332 e. The Morgan fingerprint density at radius 2 is 1.59 bits per heavy atom. The lowest BCUT2D eigenvalue weighted by Gasteiger charge is -2.14. The molecule has 0 amide bonds. The van der Waals surface area contributed by atoms with E-state index in [9.17, 15) is 18.0 Å². The summed E-state index contributed by atoms with van der Waals surface area (Å²) in [5, 5.41) is 0.320. The number of aldehydes is 1. The molecule has 0 spiro atoms. The van der Waals surface area contributed by atoms with E-state index in [2.05, 4.69) is 0 Å². The highest BCUT2D eigenvalue weighted by molar-refractivity contribution is 5.99. The Morgan fingerprint density at radius 1 is 0.955 bits per heavy atom. The maximum absolute atomic E-state index is 13.5. The summed E-state index contributed by atoms with van der Waals surface area (Å²) in [5.74, 6) is 0. The lowest BCUT2D eigenvalue weighted by molar-refractivity contribution is -0.143. The first-order chi connectivity index (χ1) is 10.5. The maximum Gasteiger partial charge on any atom is 0.432 e. The van der Waals surface area contributed by atoms with E-state index < -0.39 is 11.9 Å². The van der Waals surface area contributed by atoms with Crippen molar-refractivity contribution in [3.63, 3.8) is 0 Å². The van der Waals surface area contributed by atoms with Gasteiger partial charge in [-0.25, -0.2) is 0 Å². The monoisotopic (exact) mass is 303 g/mol. The third-order valence-electron chi connectivity index (χ3n) is 3.58. The molecular formula is C17H12F3NO. The van der Waals surface area contributed by atoms with Gasteiger partial charge in [0.1, 0.15) is 5.69 Å². The SMILES string of the molecule is O=Cc1c(C(F)(F)F)n(Cc2ccccc2)c2ccccc12. The number of para-hydroxylation sites is 1. The molecule has 0 N–H and O–H groups in total. The summed E-state index contributed by atoms with van der Waals surface area (Å²) in [6.07, 6.45) is -4.31. The fraction of sp³-hybridized carbons (Fsp3) is 0.118. The minimum atomic E-state index is -4.59. The van der Waals surface area contributed by atoms with Gasteiger partial charge in [0.05, 0.1) is 5.56 Å². The Bertz CT molecular complexity index is 819. The van der Waals surface area contributed by atoms with Gasteiger partial charge in [-0.1, -0.05) is 48.5 Å². The van der Waals surface area contributed by atoms with Crippen LogP contribution < -0.4 is 0 Å². The smallest absolute Gasteiger partial charge is 0.332 e. The Labute approximate surface area is 124 Å². The average molecular weight is 303 g/mol. The molecule has 22 heavy (non-hydrogen) atoms. The highest BCUT2D eigenvalue weighted by atomic mass is 19.4. The van der Waals surface area contributed by atoms with Gasteiger partial charge in [0.25, 0.3) is 0 Å². The van der Waals surface area contributed by atoms with E-state index in [1.165, 1.54) is 6.07 Å². The second kappa shape index (κ2) is 5.33. The Hall–Kier alpha value is -2.56. The van der Waals surface area contributed by atoms with Crippen molar-refractivity contribution in [2.75, 3.05) is 0 Å². The van der Waals surface area contributed by atoms with Gasteiger partial charge in [-0.15, -0.1) is 0 Å². The first-order valence-electron chi connectivity index (χ1n) is 6.70. The van der Waals surface area contributed by atoms with Gasteiger partial charge in [-0.2, -0.15) is 13.2 Å². The molecule has 0 saturated heterocycles. The van der Waals surface area contributed by atoms with Crippen LogP contribution >= 0.6 is 0 Å². The van der Waals surface area contributed by atoms with E-state index in [1.807, 2.05) is 0 Å². The molecular weight excluding hydrogens is 291 g/mol.